The lowest BCUT2D eigenvalue weighted by Crippen LogP contribution is -2.09. The highest BCUT2D eigenvalue weighted by Crippen LogP contribution is 2.37. The molecule has 0 bridgehead atoms. The smallest absolute Gasteiger partial charge is 0.134 e. The van der Waals surface area contributed by atoms with E-state index in [1.165, 1.54) is 12.8 Å². The third kappa shape index (κ3) is 1.77. The van der Waals surface area contributed by atoms with Gasteiger partial charge in [0.15, 0.2) is 0 Å². The molecule has 1 aromatic heterocycles. The summed E-state index contributed by atoms with van der Waals surface area (Å²) < 4.78 is 5.73. The summed E-state index contributed by atoms with van der Waals surface area (Å²) in [5.74, 6) is 1.77. The third-order valence-corrected chi connectivity index (χ3v) is 3.09. The van der Waals surface area contributed by atoms with Crippen molar-refractivity contribution in [2.45, 2.75) is 25.3 Å². The van der Waals surface area contributed by atoms with E-state index in [4.69, 9.17) is 10.2 Å². The van der Waals surface area contributed by atoms with E-state index in [1.54, 1.807) is 0 Å². The molecule has 2 heteroatoms. The van der Waals surface area contributed by atoms with Crippen LogP contribution in [0.4, 0.5) is 0 Å². The average molecular weight is 201 g/mol. The van der Waals surface area contributed by atoms with Gasteiger partial charge in [0, 0.05) is 5.39 Å². The van der Waals surface area contributed by atoms with Gasteiger partial charge in [-0.25, -0.2) is 0 Å². The molecule has 1 aliphatic carbocycles. The van der Waals surface area contributed by atoms with E-state index in [9.17, 15) is 0 Å². The summed E-state index contributed by atoms with van der Waals surface area (Å²) in [6.45, 7) is 0. The Bertz CT molecular complexity index is 437. The van der Waals surface area contributed by atoms with Gasteiger partial charge in [-0.1, -0.05) is 31.0 Å². The van der Waals surface area contributed by atoms with Crippen molar-refractivity contribution in [3.63, 3.8) is 0 Å². The van der Waals surface area contributed by atoms with E-state index in [0.717, 1.165) is 29.1 Å². The second-order valence-electron chi connectivity index (χ2n) is 4.47. The van der Waals surface area contributed by atoms with Crippen molar-refractivity contribution in [2.24, 2.45) is 11.7 Å². The summed E-state index contributed by atoms with van der Waals surface area (Å²) >= 11 is 0. The molecule has 1 unspecified atom stereocenters. The number of benzene rings is 1. The predicted octanol–water partition coefficient (Wildman–Crippen LogP) is 3.23. The van der Waals surface area contributed by atoms with E-state index in [1.807, 2.05) is 18.2 Å². The Morgan fingerprint density at radius 3 is 2.87 bits per heavy atom. The molecule has 0 saturated heterocycles. The number of nitrogens with two attached hydrogens (primary N) is 1. The lowest BCUT2D eigenvalue weighted by atomic mass is 10.1. The fourth-order valence-corrected chi connectivity index (χ4v) is 2.01. The minimum Gasteiger partial charge on any atom is -0.459 e. The minimum atomic E-state index is 0.0740. The van der Waals surface area contributed by atoms with Crippen molar-refractivity contribution >= 4 is 11.0 Å². The normalized spacial score (nSPS) is 18.2. The van der Waals surface area contributed by atoms with Crippen LogP contribution in [0.1, 0.15) is 31.1 Å². The fourth-order valence-electron chi connectivity index (χ4n) is 2.01. The van der Waals surface area contributed by atoms with E-state index < -0.39 is 0 Å². The van der Waals surface area contributed by atoms with E-state index in [0.29, 0.717) is 0 Å². The zero-order chi connectivity index (χ0) is 10.3. The molecule has 1 heterocycles. The van der Waals surface area contributed by atoms with Gasteiger partial charge in [0.1, 0.15) is 11.3 Å². The number of furan rings is 1. The molecule has 2 N–H and O–H groups in total. The zero-order valence-corrected chi connectivity index (χ0v) is 8.65. The fraction of sp³-hybridized carbons (Fsp3) is 0.385. The standard InChI is InChI=1S/C13H15NO/c14-11(7-9-5-6-9)13-8-10-3-1-2-4-12(10)15-13/h1-4,8-9,11H,5-7,14H2. The number of hydrogen-bond donors (Lipinski definition) is 1. The molecule has 2 aromatic rings. The van der Waals surface area contributed by atoms with Gasteiger partial charge >= 0.3 is 0 Å². The highest BCUT2D eigenvalue weighted by atomic mass is 16.3. The molecule has 1 aliphatic rings. The van der Waals surface area contributed by atoms with Crippen molar-refractivity contribution in [1.82, 2.24) is 0 Å². The van der Waals surface area contributed by atoms with Gasteiger partial charge in [-0.15, -0.1) is 0 Å². The molecule has 1 aromatic carbocycles. The molecule has 0 amide bonds. The first kappa shape index (κ1) is 8.98. The molecule has 1 saturated carbocycles. The second kappa shape index (κ2) is 3.38. The maximum Gasteiger partial charge on any atom is 0.134 e. The first-order valence-electron chi connectivity index (χ1n) is 5.57. The van der Waals surface area contributed by atoms with Crippen molar-refractivity contribution in [3.8, 4) is 0 Å². The zero-order valence-electron chi connectivity index (χ0n) is 8.65. The number of para-hydroxylation sites is 1. The highest BCUT2D eigenvalue weighted by molar-refractivity contribution is 5.77. The molecule has 78 valence electrons. The van der Waals surface area contributed by atoms with Crippen LogP contribution >= 0.6 is 0 Å². The largest absolute Gasteiger partial charge is 0.459 e. The topological polar surface area (TPSA) is 39.2 Å². The predicted molar refractivity (Wildman–Crippen MR) is 60.5 cm³/mol. The van der Waals surface area contributed by atoms with Crippen LogP contribution in [0.3, 0.4) is 0 Å². The summed E-state index contributed by atoms with van der Waals surface area (Å²) in [6.07, 6.45) is 3.75. The van der Waals surface area contributed by atoms with Crippen molar-refractivity contribution < 1.29 is 4.42 Å². The monoisotopic (exact) mass is 201 g/mol. The minimum absolute atomic E-state index is 0.0740. The van der Waals surface area contributed by atoms with Crippen LogP contribution in [0.5, 0.6) is 0 Å². The number of rotatable bonds is 3. The van der Waals surface area contributed by atoms with E-state index in [2.05, 4.69) is 12.1 Å². The van der Waals surface area contributed by atoms with Crippen LogP contribution in [0.25, 0.3) is 11.0 Å². The summed E-state index contributed by atoms with van der Waals surface area (Å²) in [5, 5.41) is 1.15. The Balaban J connectivity index is 1.89. The van der Waals surface area contributed by atoms with Gasteiger partial charge in [0.2, 0.25) is 0 Å². The summed E-state index contributed by atoms with van der Waals surface area (Å²) in [5.41, 5.74) is 7.05. The Kier molecular flexibility index (Phi) is 2.03. The summed E-state index contributed by atoms with van der Waals surface area (Å²) in [6, 6.07) is 10.2. The van der Waals surface area contributed by atoms with Crippen molar-refractivity contribution in [2.75, 3.05) is 0 Å². The summed E-state index contributed by atoms with van der Waals surface area (Å²) in [7, 11) is 0. The molecule has 0 aliphatic heterocycles. The number of hydrogen-bond acceptors (Lipinski definition) is 2. The first-order chi connectivity index (χ1) is 7.33. The highest BCUT2D eigenvalue weighted by Gasteiger charge is 2.25. The SMILES string of the molecule is NC(CC1CC1)c1cc2ccccc2o1. The van der Waals surface area contributed by atoms with Gasteiger partial charge in [0.25, 0.3) is 0 Å². The first-order valence-corrected chi connectivity index (χ1v) is 5.57. The van der Waals surface area contributed by atoms with Crippen LogP contribution < -0.4 is 5.73 Å². The molecule has 1 fully saturated rings. The maximum absolute atomic E-state index is 6.11. The Hall–Kier alpha value is -1.28. The lowest BCUT2D eigenvalue weighted by Gasteiger charge is -2.06. The van der Waals surface area contributed by atoms with Gasteiger partial charge in [0.05, 0.1) is 6.04 Å². The Labute approximate surface area is 89.1 Å². The quantitative estimate of drug-likeness (QED) is 0.828. The molecule has 2 nitrogen and oxygen atoms in total. The van der Waals surface area contributed by atoms with Crippen LogP contribution in [0, 0.1) is 5.92 Å². The molecule has 15 heavy (non-hydrogen) atoms. The van der Waals surface area contributed by atoms with Crippen molar-refractivity contribution in [1.29, 1.82) is 0 Å². The van der Waals surface area contributed by atoms with Gasteiger partial charge in [-0.2, -0.15) is 0 Å². The molecular formula is C13H15NO. The average Bonchev–Trinajstić information content (AvgIpc) is 2.95. The van der Waals surface area contributed by atoms with E-state index >= 15 is 0 Å². The molecule has 1 atom stereocenters. The van der Waals surface area contributed by atoms with E-state index in [-0.39, 0.29) is 6.04 Å². The third-order valence-electron chi connectivity index (χ3n) is 3.09. The molecule has 0 radical (unpaired) electrons. The Morgan fingerprint density at radius 1 is 1.33 bits per heavy atom. The second-order valence-corrected chi connectivity index (χ2v) is 4.47. The van der Waals surface area contributed by atoms with Crippen LogP contribution in [0.2, 0.25) is 0 Å². The molecule has 0 spiro atoms. The van der Waals surface area contributed by atoms with Crippen LogP contribution in [0.15, 0.2) is 34.7 Å². The lowest BCUT2D eigenvalue weighted by molar-refractivity contribution is 0.463. The summed E-state index contributed by atoms with van der Waals surface area (Å²) in [4.78, 5) is 0. The molecule has 3 rings (SSSR count). The maximum atomic E-state index is 6.11. The Morgan fingerprint density at radius 2 is 2.13 bits per heavy atom. The van der Waals surface area contributed by atoms with Crippen LogP contribution in [-0.4, -0.2) is 0 Å². The van der Waals surface area contributed by atoms with Crippen molar-refractivity contribution in [3.05, 3.63) is 36.1 Å². The van der Waals surface area contributed by atoms with Crippen LogP contribution in [-0.2, 0) is 0 Å². The number of fused-ring (bicyclic) bond motifs is 1. The molecular weight excluding hydrogens is 186 g/mol. The van der Waals surface area contributed by atoms with Gasteiger partial charge < -0.3 is 10.2 Å². The van der Waals surface area contributed by atoms with Gasteiger partial charge in [-0.3, -0.25) is 0 Å². The van der Waals surface area contributed by atoms with Gasteiger partial charge in [-0.05, 0) is 24.5 Å².